The van der Waals surface area contributed by atoms with Crippen LogP contribution in [0.5, 0.6) is 0 Å². The van der Waals surface area contributed by atoms with E-state index < -0.39 is 0 Å². The van der Waals surface area contributed by atoms with Gasteiger partial charge in [0.25, 0.3) is 0 Å². The normalized spacial score (nSPS) is 11.0. The molecule has 0 aromatic heterocycles. The van der Waals surface area contributed by atoms with Gasteiger partial charge >= 0.3 is 0 Å². The third-order valence-corrected chi connectivity index (χ3v) is 4.27. The van der Waals surface area contributed by atoms with Gasteiger partial charge in [-0.15, -0.1) is 0 Å². The molecule has 0 saturated heterocycles. The Bertz CT molecular complexity index is 601. The average molecular weight is 437 g/mol. The highest BCUT2D eigenvalue weighted by atomic mass is 16.5. The Kier molecular flexibility index (Phi) is 17.0. The van der Waals surface area contributed by atoms with E-state index in [-0.39, 0.29) is 0 Å². The number of rotatable bonds is 21. The Hall–Kier alpha value is -1.54. The second kappa shape index (κ2) is 19.2. The standard InChI is InChI=1S/C25H40O6/c1-5-26-10-12-28-14-16-30-20-22(3)18-24-8-7-9-25(19-24)23(4)21-31-17-15-29-13-11-27-6-2/h7-9,19H,3-6,10-18,20-21H2,1-2H3. The number of ether oxygens (including phenoxy) is 6. The van der Waals surface area contributed by atoms with Crippen molar-refractivity contribution in [3.63, 3.8) is 0 Å². The van der Waals surface area contributed by atoms with Crippen LogP contribution in [0.25, 0.3) is 5.57 Å². The van der Waals surface area contributed by atoms with Crippen LogP contribution in [0.4, 0.5) is 0 Å². The first-order valence-corrected chi connectivity index (χ1v) is 11.1. The van der Waals surface area contributed by atoms with E-state index in [0.717, 1.165) is 23.1 Å². The largest absolute Gasteiger partial charge is 0.379 e. The summed E-state index contributed by atoms with van der Waals surface area (Å²) in [6.45, 7) is 19.3. The summed E-state index contributed by atoms with van der Waals surface area (Å²) in [6.07, 6.45) is 0.765. The maximum Gasteiger partial charge on any atom is 0.0718 e. The molecule has 0 aliphatic rings. The average Bonchev–Trinajstić information content (AvgIpc) is 2.77. The maximum atomic E-state index is 5.66. The number of hydrogen-bond donors (Lipinski definition) is 0. The molecule has 0 aliphatic heterocycles. The van der Waals surface area contributed by atoms with Gasteiger partial charge in [0.15, 0.2) is 0 Å². The first-order chi connectivity index (χ1) is 15.2. The predicted molar refractivity (Wildman–Crippen MR) is 125 cm³/mol. The maximum absolute atomic E-state index is 5.66. The zero-order valence-electron chi connectivity index (χ0n) is 19.4. The van der Waals surface area contributed by atoms with Gasteiger partial charge in [-0.25, -0.2) is 0 Å². The van der Waals surface area contributed by atoms with Crippen molar-refractivity contribution < 1.29 is 28.4 Å². The molecular weight excluding hydrogens is 396 g/mol. The number of hydrogen-bond acceptors (Lipinski definition) is 6. The van der Waals surface area contributed by atoms with Gasteiger partial charge in [0.1, 0.15) is 0 Å². The van der Waals surface area contributed by atoms with Crippen LogP contribution in [0, 0.1) is 0 Å². The van der Waals surface area contributed by atoms with E-state index in [2.05, 4.69) is 25.3 Å². The van der Waals surface area contributed by atoms with E-state index in [9.17, 15) is 0 Å². The second-order valence-corrected chi connectivity index (χ2v) is 6.95. The van der Waals surface area contributed by atoms with Crippen LogP contribution in [0.1, 0.15) is 25.0 Å². The molecule has 6 nitrogen and oxygen atoms in total. The van der Waals surface area contributed by atoms with Crippen LogP contribution in [0.2, 0.25) is 0 Å². The molecule has 0 radical (unpaired) electrons. The lowest BCUT2D eigenvalue weighted by Gasteiger charge is -2.11. The minimum atomic E-state index is 0.478. The highest BCUT2D eigenvalue weighted by Gasteiger charge is 2.04. The molecule has 0 spiro atoms. The van der Waals surface area contributed by atoms with Crippen molar-refractivity contribution in [2.24, 2.45) is 0 Å². The lowest BCUT2D eigenvalue weighted by atomic mass is 10.0. The van der Waals surface area contributed by atoms with E-state index in [1.807, 2.05) is 26.0 Å². The SMILES string of the molecule is C=C(COCCOCCOCC)Cc1cccc(C(=C)COCCOCCOCC)c1. The minimum absolute atomic E-state index is 0.478. The molecule has 1 aromatic rings. The first-order valence-electron chi connectivity index (χ1n) is 11.1. The molecule has 1 rings (SSSR count). The van der Waals surface area contributed by atoms with E-state index in [4.69, 9.17) is 28.4 Å². The highest BCUT2D eigenvalue weighted by Crippen LogP contribution is 2.17. The predicted octanol–water partition coefficient (Wildman–Crippen LogP) is 3.94. The van der Waals surface area contributed by atoms with Gasteiger partial charge in [0.2, 0.25) is 0 Å². The zero-order chi connectivity index (χ0) is 22.6. The van der Waals surface area contributed by atoms with E-state index in [1.165, 1.54) is 5.56 Å². The fourth-order valence-electron chi connectivity index (χ4n) is 2.70. The molecule has 0 fully saturated rings. The summed E-state index contributed by atoms with van der Waals surface area (Å²) in [5.74, 6) is 0. The molecule has 0 amide bonds. The third kappa shape index (κ3) is 15.0. The molecule has 0 unspecified atom stereocenters. The summed E-state index contributed by atoms with van der Waals surface area (Å²) in [7, 11) is 0. The molecule has 0 N–H and O–H groups in total. The van der Waals surface area contributed by atoms with Crippen molar-refractivity contribution in [1.82, 2.24) is 0 Å². The third-order valence-electron chi connectivity index (χ3n) is 4.27. The summed E-state index contributed by atoms with van der Waals surface area (Å²) in [5, 5.41) is 0. The van der Waals surface area contributed by atoms with Crippen molar-refractivity contribution in [3.05, 3.63) is 54.1 Å². The second-order valence-electron chi connectivity index (χ2n) is 6.95. The molecule has 0 saturated carbocycles. The van der Waals surface area contributed by atoms with Gasteiger partial charge in [-0.05, 0) is 42.5 Å². The van der Waals surface area contributed by atoms with Crippen molar-refractivity contribution in [3.8, 4) is 0 Å². The molecule has 1 aromatic carbocycles. The summed E-state index contributed by atoms with van der Waals surface area (Å²) in [4.78, 5) is 0. The van der Waals surface area contributed by atoms with Crippen molar-refractivity contribution in [2.45, 2.75) is 20.3 Å². The Morgan fingerprint density at radius 1 is 0.677 bits per heavy atom. The Labute approximate surface area is 188 Å². The highest BCUT2D eigenvalue weighted by molar-refractivity contribution is 5.64. The van der Waals surface area contributed by atoms with E-state index >= 15 is 0 Å². The monoisotopic (exact) mass is 436 g/mol. The van der Waals surface area contributed by atoms with Gasteiger partial charge < -0.3 is 28.4 Å². The summed E-state index contributed by atoms with van der Waals surface area (Å²) in [5.41, 5.74) is 4.23. The lowest BCUT2D eigenvalue weighted by Crippen LogP contribution is -2.10. The Balaban J connectivity index is 2.19. The molecule has 0 atom stereocenters. The molecule has 0 aliphatic carbocycles. The van der Waals surface area contributed by atoms with Crippen molar-refractivity contribution >= 4 is 5.57 Å². The Morgan fingerprint density at radius 2 is 1.19 bits per heavy atom. The molecule has 6 heteroatoms. The summed E-state index contributed by atoms with van der Waals surface area (Å²) in [6, 6.07) is 8.30. The molecule has 0 heterocycles. The van der Waals surface area contributed by atoms with Gasteiger partial charge in [-0.3, -0.25) is 0 Å². The minimum Gasteiger partial charge on any atom is -0.379 e. The van der Waals surface area contributed by atoms with Crippen LogP contribution >= 0.6 is 0 Å². The van der Waals surface area contributed by atoms with Gasteiger partial charge in [0, 0.05) is 13.2 Å². The van der Waals surface area contributed by atoms with Crippen LogP contribution in [0.3, 0.4) is 0 Å². The van der Waals surface area contributed by atoms with Crippen LogP contribution in [-0.4, -0.2) is 79.3 Å². The first kappa shape index (κ1) is 27.5. The van der Waals surface area contributed by atoms with Crippen LogP contribution < -0.4 is 0 Å². The van der Waals surface area contributed by atoms with E-state index in [0.29, 0.717) is 79.3 Å². The van der Waals surface area contributed by atoms with Gasteiger partial charge in [-0.2, -0.15) is 0 Å². The van der Waals surface area contributed by atoms with Gasteiger partial charge in [-0.1, -0.05) is 37.4 Å². The molecule has 0 bridgehead atoms. The molecule has 176 valence electrons. The summed E-state index contributed by atoms with van der Waals surface area (Å²) < 4.78 is 32.6. The fraction of sp³-hybridized carbons (Fsp3) is 0.600. The van der Waals surface area contributed by atoms with Crippen molar-refractivity contribution in [1.29, 1.82) is 0 Å². The van der Waals surface area contributed by atoms with E-state index in [1.54, 1.807) is 0 Å². The van der Waals surface area contributed by atoms with Crippen molar-refractivity contribution in [2.75, 3.05) is 79.3 Å². The fourth-order valence-corrected chi connectivity index (χ4v) is 2.70. The van der Waals surface area contributed by atoms with Crippen LogP contribution in [-0.2, 0) is 34.8 Å². The smallest absolute Gasteiger partial charge is 0.0718 e. The molecule has 31 heavy (non-hydrogen) atoms. The number of benzene rings is 1. The quantitative estimate of drug-likeness (QED) is 0.215. The topological polar surface area (TPSA) is 55.4 Å². The summed E-state index contributed by atoms with van der Waals surface area (Å²) >= 11 is 0. The lowest BCUT2D eigenvalue weighted by molar-refractivity contribution is 0.0211. The molecular formula is C25H40O6. The van der Waals surface area contributed by atoms with Crippen LogP contribution in [0.15, 0.2) is 43.0 Å². The van der Waals surface area contributed by atoms with Gasteiger partial charge in [0.05, 0.1) is 66.1 Å². The Morgan fingerprint density at radius 3 is 1.77 bits per heavy atom. The zero-order valence-corrected chi connectivity index (χ0v) is 19.4.